The number of hydrogen-bond acceptors (Lipinski definition) is 2. The molecule has 0 N–H and O–H groups in total. The van der Waals surface area contributed by atoms with E-state index >= 15 is 0 Å². The van der Waals surface area contributed by atoms with E-state index in [0.717, 1.165) is 0 Å². The maximum Gasteiger partial charge on any atom is 0.419 e. The number of carbonyl (C=O) groups excluding carboxylic acids is 1. The van der Waals surface area contributed by atoms with Crippen molar-refractivity contribution in [2.24, 2.45) is 0 Å². The highest BCUT2D eigenvalue weighted by molar-refractivity contribution is 6.75. The number of nitrogens with zero attached hydrogens (tertiary/aromatic N) is 1. The number of ether oxygens (including phenoxy) is 1. The van der Waals surface area contributed by atoms with Crippen LogP contribution < -0.4 is 4.98 Å². The van der Waals surface area contributed by atoms with E-state index in [0.29, 0.717) is 6.61 Å². The molecule has 0 atom stereocenters. The third kappa shape index (κ3) is 5.62. The molecule has 0 spiro atoms. The van der Waals surface area contributed by atoms with Gasteiger partial charge in [-0.1, -0.05) is 0 Å². The predicted molar refractivity (Wildman–Crippen MR) is 42.5 cm³/mol. The molecule has 0 bridgehead atoms. The van der Waals surface area contributed by atoms with Crippen molar-refractivity contribution in [3.63, 3.8) is 0 Å². The molecule has 0 rings (SSSR count). The molecule has 0 heterocycles. The average Bonchev–Trinajstić information content (AvgIpc) is 1.59. The van der Waals surface area contributed by atoms with Gasteiger partial charge in [0.05, 0.1) is 6.61 Å². The van der Waals surface area contributed by atoms with Crippen molar-refractivity contribution < 1.29 is 9.53 Å². The Labute approximate surface area is 62.8 Å². The zero-order chi connectivity index (χ0) is 8.20. The molecule has 0 aromatic carbocycles. The molecule has 4 heteroatoms. The monoisotopic (exact) mass is 160 g/mol. The smallest absolute Gasteiger partial charge is 0.419 e. The Morgan fingerprint density at radius 1 is 1.50 bits per heavy atom. The van der Waals surface area contributed by atoms with E-state index < -0.39 is 14.3 Å². The van der Waals surface area contributed by atoms with Gasteiger partial charge in [0.25, 0.3) is 0 Å². The zero-order valence-corrected chi connectivity index (χ0v) is 7.97. The zero-order valence-electron chi connectivity index (χ0n) is 6.97. The normalized spacial score (nSPS) is 10.8. The maximum absolute atomic E-state index is 10.7. The quantitative estimate of drug-likeness (QED) is 0.575. The maximum atomic E-state index is 10.7. The molecule has 0 fully saturated rings. The van der Waals surface area contributed by atoms with Crippen LogP contribution in [0, 0.1) is 0 Å². The summed E-state index contributed by atoms with van der Waals surface area (Å²) in [5.41, 5.74) is 0. The molecule has 10 heavy (non-hydrogen) atoms. The van der Waals surface area contributed by atoms with Crippen LogP contribution in [-0.2, 0) is 4.74 Å². The van der Waals surface area contributed by atoms with Crippen LogP contribution in [0.25, 0.3) is 0 Å². The van der Waals surface area contributed by atoms with Crippen LogP contribution in [-0.4, -0.2) is 20.9 Å². The van der Waals surface area contributed by atoms with Gasteiger partial charge in [-0.2, -0.15) is 0 Å². The van der Waals surface area contributed by atoms with Crippen LogP contribution >= 0.6 is 0 Å². The summed E-state index contributed by atoms with van der Waals surface area (Å²) in [7, 11) is -1.61. The van der Waals surface area contributed by atoms with Gasteiger partial charge >= 0.3 is 6.09 Å². The summed E-state index contributed by atoms with van der Waals surface area (Å²) in [5.74, 6) is 0. The Bertz CT molecular complexity index is 119. The van der Waals surface area contributed by atoms with Gasteiger partial charge in [0.15, 0.2) is 8.24 Å². The van der Waals surface area contributed by atoms with E-state index in [1.165, 1.54) is 0 Å². The molecule has 0 saturated heterocycles. The summed E-state index contributed by atoms with van der Waals surface area (Å²) in [6.07, 6.45) is -0.415. The van der Waals surface area contributed by atoms with E-state index in [1.807, 2.05) is 19.6 Å². The first-order valence-electron chi connectivity index (χ1n) is 3.35. The van der Waals surface area contributed by atoms with Crippen LogP contribution in [0.3, 0.4) is 0 Å². The van der Waals surface area contributed by atoms with Gasteiger partial charge in [-0.15, -0.1) is 0 Å². The van der Waals surface area contributed by atoms with Gasteiger partial charge in [0, 0.05) is 0 Å². The minimum Gasteiger partial charge on any atom is -0.449 e. The molecule has 1 amide bonds. The van der Waals surface area contributed by atoms with Gasteiger partial charge in [-0.3, -0.25) is 4.98 Å². The SMILES string of the molecule is CCOC(=O)[N][Si](C)(C)C. The summed E-state index contributed by atoms with van der Waals surface area (Å²) in [4.78, 5) is 14.6. The van der Waals surface area contributed by atoms with Crippen molar-refractivity contribution in [3.8, 4) is 0 Å². The van der Waals surface area contributed by atoms with Crippen molar-refractivity contribution in [3.05, 3.63) is 0 Å². The summed E-state index contributed by atoms with van der Waals surface area (Å²) in [6, 6.07) is 0. The lowest BCUT2D eigenvalue weighted by Gasteiger charge is -2.13. The highest BCUT2D eigenvalue weighted by Crippen LogP contribution is 1.97. The number of rotatable bonds is 2. The second kappa shape index (κ2) is 3.61. The lowest BCUT2D eigenvalue weighted by Crippen LogP contribution is -2.39. The van der Waals surface area contributed by atoms with E-state index in [1.54, 1.807) is 6.92 Å². The average molecular weight is 160 g/mol. The van der Waals surface area contributed by atoms with E-state index in [4.69, 9.17) is 0 Å². The Balaban J connectivity index is 3.58. The number of hydrogen-bond donors (Lipinski definition) is 0. The molecule has 0 unspecified atom stereocenters. The van der Waals surface area contributed by atoms with Crippen molar-refractivity contribution >= 4 is 14.3 Å². The molecule has 1 radical (unpaired) electrons. The minimum atomic E-state index is -1.61. The standard InChI is InChI=1S/C6H14NO2Si/c1-5-9-6(8)7-10(2,3)4/h5H2,1-4H3. The van der Waals surface area contributed by atoms with Crippen LogP contribution in [0.1, 0.15) is 6.92 Å². The summed E-state index contributed by atoms with van der Waals surface area (Å²) < 4.78 is 4.65. The van der Waals surface area contributed by atoms with Crippen molar-refractivity contribution in [1.29, 1.82) is 0 Å². The van der Waals surface area contributed by atoms with Crippen molar-refractivity contribution in [2.75, 3.05) is 6.61 Å². The Morgan fingerprint density at radius 2 is 2.00 bits per heavy atom. The van der Waals surface area contributed by atoms with E-state index in [9.17, 15) is 4.79 Å². The van der Waals surface area contributed by atoms with E-state index in [2.05, 4.69) is 9.72 Å². The van der Waals surface area contributed by atoms with Gasteiger partial charge < -0.3 is 4.74 Å². The van der Waals surface area contributed by atoms with Gasteiger partial charge in [0.2, 0.25) is 0 Å². The third-order valence-electron chi connectivity index (χ3n) is 0.695. The molecular weight excluding hydrogens is 146 g/mol. The van der Waals surface area contributed by atoms with Crippen LogP contribution in [0.2, 0.25) is 19.6 Å². The van der Waals surface area contributed by atoms with Crippen molar-refractivity contribution in [2.45, 2.75) is 26.6 Å². The highest BCUT2D eigenvalue weighted by atomic mass is 28.3. The second-order valence-corrected chi connectivity index (χ2v) is 7.55. The molecule has 0 aliphatic heterocycles. The molecule has 0 saturated carbocycles. The fraction of sp³-hybridized carbons (Fsp3) is 0.833. The summed E-state index contributed by atoms with van der Waals surface area (Å²) in [5, 5.41) is 0. The largest absolute Gasteiger partial charge is 0.449 e. The molecular formula is C6H14NO2Si. The fourth-order valence-electron chi connectivity index (χ4n) is 0.430. The van der Waals surface area contributed by atoms with Crippen LogP contribution in [0.15, 0.2) is 0 Å². The van der Waals surface area contributed by atoms with Gasteiger partial charge in [-0.05, 0) is 26.6 Å². The Hall–Kier alpha value is -0.513. The third-order valence-corrected chi connectivity index (χ3v) is 1.55. The van der Waals surface area contributed by atoms with Gasteiger partial charge in [-0.25, -0.2) is 4.79 Å². The summed E-state index contributed by atoms with van der Waals surface area (Å²) >= 11 is 0. The summed E-state index contributed by atoms with van der Waals surface area (Å²) in [6.45, 7) is 8.15. The Morgan fingerprint density at radius 3 is 2.30 bits per heavy atom. The lowest BCUT2D eigenvalue weighted by molar-refractivity contribution is 0.157. The first-order chi connectivity index (χ1) is 4.45. The molecule has 0 aliphatic carbocycles. The first-order valence-corrected chi connectivity index (χ1v) is 6.80. The predicted octanol–water partition coefficient (Wildman–Crippen LogP) is 1.58. The number of carbonyl (C=O) groups is 1. The minimum absolute atomic E-state index is 0.410. The molecule has 3 nitrogen and oxygen atoms in total. The second-order valence-electron chi connectivity index (χ2n) is 2.98. The topological polar surface area (TPSA) is 40.4 Å². The molecule has 0 aromatic rings. The van der Waals surface area contributed by atoms with E-state index in [-0.39, 0.29) is 0 Å². The van der Waals surface area contributed by atoms with Crippen LogP contribution in [0.4, 0.5) is 4.79 Å². The fourth-order valence-corrected chi connectivity index (χ4v) is 1.04. The lowest BCUT2D eigenvalue weighted by atomic mass is 10.9. The number of amides is 1. The molecule has 0 aliphatic rings. The van der Waals surface area contributed by atoms with Gasteiger partial charge in [0.1, 0.15) is 0 Å². The van der Waals surface area contributed by atoms with Crippen molar-refractivity contribution in [1.82, 2.24) is 4.98 Å². The highest BCUT2D eigenvalue weighted by Gasteiger charge is 2.19. The molecule has 59 valence electrons. The molecule has 0 aromatic heterocycles. The Kier molecular flexibility index (Phi) is 3.42. The first kappa shape index (κ1) is 9.49. The van der Waals surface area contributed by atoms with Crippen LogP contribution in [0.5, 0.6) is 0 Å².